The molecule has 0 saturated heterocycles. The van der Waals surface area contributed by atoms with Gasteiger partial charge in [-0.15, -0.1) is 11.3 Å². The molecule has 0 amide bonds. The second-order valence-electron chi connectivity index (χ2n) is 4.16. The fourth-order valence-electron chi connectivity index (χ4n) is 1.82. The second kappa shape index (κ2) is 6.68. The van der Waals surface area contributed by atoms with Crippen LogP contribution in [0.15, 0.2) is 11.4 Å². The standard InChI is InChI=1S/C13H20N4OS/c1-4-14-13-15-11(17(3)7-8-18-5-2)10-6-9-19-12(10)16-13/h6,9H,4-5,7-8H2,1-3H3,(H,14,15,16). The van der Waals surface area contributed by atoms with Gasteiger partial charge in [-0.3, -0.25) is 0 Å². The van der Waals surface area contributed by atoms with Crippen molar-refractivity contribution in [1.82, 2.24) is 9.97 Å². The van der Waals surface area contributed by atoms with Crippen LogP contribution in [0.25, 0.3) is 10.2 Å². The number of fused-ring (bicyclic) bond motifs is 1. The number of aromatic nitrogens is 2. The van der Waals surface area contributed by atoms with E-state index in [-0.39, 0.29) is 0 Å². The molecule has 2 heterocycles. The van der Waals surface area contributed by atoms with Gasteiger partial charge in [-0.25, -0.2) is 4.98 Å². The zero-order valence-electron chi connectivity index (χ0n) is 11.6. The van der Waals surface area contributed by atoms with E-state index >= 15 is 0 Å². The Labute approximate surface area is 117 Å². The van der Waals surface area contributed by atoms with Crippen LogP contribution in [-0.4, -0.2) is 43.3 Å². The van der Waals surface area contributed by atoms with Gasteiger partial charge in [-0.2, -0.15) is 4.98 Å². The number of thiophene rings is 1. The van der Waals surface area contributed by atoms with Gasteiger partial charge in [0.2, 0.25) is 5.95 Å². The van der Waals surface area contributed by atoms with Crippen LogP contribution in [0.3, 0.4) is 0 Å². The SMILES string of the molecule is CCNc1nc(N(C)CCOCC)c2ccsc2n1. The molecule has 2 rings (SSSR count). The summed E-state index contributed by atoms with van der Waals surface area (Å²) in [6.07, 6.45) is 0. The molecular weight excluding hydrogens is 260 g/mol. The van der Waals surface area contributed by atoms with E-state index in [1.807, 2.05) is 20.9 Å². The maximum Gasteiger partial charge on any atom is 0.226 e. The summed E-state index contributed by atoms with van der Waals surface area (Å²) in [5.41, 5.74) is 0. The normalized spacial score (nSPS) is 10.9. The van der Waals surface area contributed by atoms with Gasteiger partial charge in [0, 0.05) is 26.7 Å². The first-order chi connectivity index (χ1) is 9.26. The highest BCUT2D eigenvalue weighted by molar-refractivity contribution is 7.16. The highest BCUT2D eigenvalue weighted by Gasteiger charge is 2.12. The predicted molar refractivity (Wildman–Crippen MR) is 81.3 cm³/mol. The number of hydrogen-bond acceptors (Lipinski definition) is 6. The van der Waals surface area contributed by atoms with Gasteiger partial charge in [0.25, 0.3) is 0 Å². The van der Waals surface area contributed by atoms with E-state index in [2.05, 4.69) is 31.6 Å². The van der Waals surface area contributed by atoms with Crippen molar-refractivity contribution in [2.24, 2.45) is 0 Å². The Morgan fingerprint density at radius 3 is 2.95 bits per heavy atom. The fraction of sp³-hybridized carbons (Fsp3) is 0.538. The van der Waals surface area contributed by atoms with Crippen LogP contribution in [0, 0.1) is 0 Å². The zero-order valence-corrected chi connectivity index (χ0v) is 12.5. The molecule has 0 fully saturated rings. The van der Waals surface area contributed by atoms with E-state index in [1.165, 1.54) is 0 Å². The largest absolute Gasteiger partial charge is 0.380 e. The molecule has 2 aromatic rings. The summed E-state index contributed by atoms with van der Waals surface area (Å²) in [4.78, 5) is 12.2. The molecule has 104 valence electrons. The number of likely N-dealkylation sites (N-methyl/N-ethyl adjacent to an activating group) is 1. The van der Waals surface area contributed by atoms with E-state index in [0.717, 1.165) is 35.7 Å². The molecule has 19 heavy (non-hydrogen) atoms. The van der Waals surface area contributed by atoms with Crippen molar-refractivity contribution in [3.8, 4) is 0 Å². The Bertz CT molecular complexity index is 528. The molecule has 6 heteroatoms. The van der Waals surface area contributed by atoms with E-state index in [9.17, 15) is 0 Å². The Morgan fingerprint density at radius 1 is 1.37 bits per heavy atom. The first-order valence-corrected chi connectivity index (χ1v) is 7.42. The number of hydrogen-bond donors (Lipinski definition) is 1. The summed E-state index contributed by atoms with van der Waals surface area (Å²) in [7, 11) is 2.04. The lowest BCUT2D eigenvalue weighted by Crippen LogP contribution is -2.24. The molecule has 0 aliphatic rings. The van der Waals surface area contributed by atoms with Gasteiger partial charge in [-0.1, -0.05) is 0 Å². The lowest BCUT2D eigenvalue weighted by atomic mass is 10.3. The van der Waals surface area contributed by atoms with Crippen molar-refractivity contribution >= 4 is 33.3 Å². The molecular formula is C13H20N4OS. The molecule has 0 unspecified atom stereocenters. The maximum atomic E-state index is 5.40. The molecule has 2 aromatic heterocycles. The molecule has 0 saturated carbocycles. The topological polar surface area (TPSA) is 50.3 Å². The van der Waals surface area contributed by atoms with E-state index < -0.39 is 0 Å². The van der Waals surface area contributed by atoms with Gasteiger partial charge in [-0.05, 0) is 25.3 Å². The highest BCUT2D eigenvalue weighted by atomic mass is 32.1. The number of nitrogens with one attached hydrogen (secondary N) is 1. The van der Waals surface area contributed by atoms with Crippen LogP contribution in [0.2, 0.25) is 0 Å². The summed E-state index contributed by atoms with van der Waals surface area (Å²) in [5, 5.41) is 6.33. The summed E-state index contributed by atoms with van der Waals surface area (Å²) in [5.74, 6) is 1.65. The van der Waals surface area contributed by atoms with Crippen LogP contribution in [0.1, 0.15) is 13.8 Å². The average molecular weight is 280 g/mol. The molecule has 0 aliphatic carbocycles. The summed E-state index contributed by atoms with van der Waals surface area (Å²) >= 11 is 1.64. The molecule has 0 bridgehead atoms. The van der Waals surface area contributed by atoms with Crippen molar-refractivity contribution in [2.45, 2.75) is 13.8 Å². The molecule has 0 spiro atoms. The third kappa shape index (κ3) is 3.33. The minimum Gasteiger partial charge on any atom is -0.380 e. The summed E-state index contributed by atoms with van der Waals surface area (Å²) < 4.78 is 5.40. The number of anilines is 2. The quantitative estimate of drug-likeness (QED) is 0.790. The smallest absolute Gasteiger partial charge is 0.226 e. The van der Waals surface area contributed by atoms with Crippen LogP contribution < -0.4 is 10.2 Å². The first-order valence-electron chi connectivity index (χ1n) is 6.54. The fourth-order valence-corrected chi connectivity index (χ4v) is 2.58. The number of ether oxygens (including phenoxy) is 1. The molecule has 0 aliphatic heterocycles. The van der Waals surface area contributed by atoms with Gasteiger partial charge in [0.05, 0.1) is 12.0 Å². The Balaban J connectivity index is 2.26. The van der Waals surface area contributed by atoms with Crippen molar-refractivity contribution in [3.05, 3.63) is 11.4 Å². The minimum atomic E-state index is 0.690. The van der Waals surface area contributed by atoms with Gasteiger partial charge < -0.3 is 15.0 Å². The molecule has 5 nitrogen and oxygen atoms in total. The lowest BCUT2D eigenvalue weighted by molar-refractivity contribution is 0.154. The van der Waals surface area contributed by atoms with Gasteiger partial charge >= 0.3 is 0 Å². The Hall–Kier alpha value is -1.40. The molecule has 0 radical (unpaired) electrons. The summed E-state index contributed by atoms with van der Waals surface area (Å²) in [6, 6.07) is 2.07. The molecule has 1 N–H and O–H groups in total. The Morgan fingerprint density at radius 2 is 2.21 bits per heavy atom. The Kier molecular flexibility index (Phi) is 4.93. The van der Waals surface area contributed by atoms with E-state index in [1.54, 1.807) is 11.3 Å². The van der Waals surface area contributed by atoms with Gasteiger partial charge in [0.1, 0.15) is 10.6 Å². The van der Waals surface area contributed by atoms with Crippen LogP contribution >= 0.6 is 11.3 Å². The van der Waals surface area contributed by atoms with Crippen LogP contribution in [0.4, 0.5) is 11.8 Å². The number of rotatable bonds is 7. The van der Waals surface area contributed by atoms with Crippen molar-refractivity contribution in [1.29, 1.82) is 0 Å². The minimum absolute atomic E-state index is 0.690. The van der Waals surface area contributed by atoms with Crippen molar-refractivity contribution < 1.29 is 4.74 Å². The van der Waals surface area contributed by atoms with E-state index in [4.69, 9.17) is 4.74 Å². The highest BCUT2D eigenvalue weighted by Crippen LogP contribution is 2.28. The van der Waals surface area contributed by atoms with Gasteiger partial charge in [0.15, 0.2) is 0 Å². The zero-order chi connectivity index (χ0) is 13.7. The van der Waals surface area contributed by atoms with Crippen molar-refractivity contribution in [3.63, 3.8) is 0 Å². The lowest BCUT2D eigenvalue weighted by Gasteiger charge is -2.19. The van der Waals surface area contributed by atoms with E-state index in [0.29, 0.717) is 12.6 Å². The predicted octanol–water partition coefficient (Wildman–Crippen LogP) is 2.60. The average Bonchev–Trinajstić information content (AvgIpc) is 2.86. The third-order valence-electron chi connectivity index (χ3n) is 2.78. The van der Waals surface area contributed by atoms with Crippen molar-refractivity contribution in [2.75, 3.05) is 43.6 Å². The van der Waals surface area contributed by atoms with Crippen LogP contribution in [-0.2, 0) is 4.74 Å². The monoisotopic (exact) mass is 280 g/mol. The first kappa shape index (κ1) is 14.0. The second-order valence-corrected chi connectivity index (χ2v) is 5.05. The molecule has 0 atom stereocenters. The molecule has 0 aromatic carbocycles. The summed E-state index contributed by atoms with van der Waals surface area (Å²) in [6.45, 7) is 7.14. The maximum absolute atomic E-state index is 5.40. The third-order valence-corrected chi connectivity index (χ3v) is 3.58. The number of nitrogens with zero attached hydrogens (tertiary/aromatic N) is 3. The van der Waals surface area contributed by atoms with Crippen LogP contribution in [0.5, 0.6) is 0 Å².